The minimum atomic E-state index is 0.251. The van der Waals surface area contributed by atoms with Gasteiger partial charge in [0.15, 0.2) is 5.13 Å². The lowest BCUT2D eigenvalue weighted by Crippen LogP contribution is -1.88. The number of thiazole rings is 1. The summed E-state index contributed by atoms with van der Waals surface area (Å²) in [6.45, 7) is 0. The highest BCUT2D eigenvalue weighted by molar-refractivity contribution is 7.19. The van der Waals surface area contributed by atoms with Crippen LogP contribution in [0.4, 0.5) is 10.8 Å². The predicted molar refractivity (Wildman–Crippen MR) is 100 cm³/mol. The monoisotopic (exact) mass is 351 g/mol. The molecule has 3 heterocycles. The Hall–Kier alpha value is -2.70. The van der Waals surface area contributed by atoms with Crippen molar-refractivity contribution in [2.45, 2.75) is 0 Å². The zero-order valence-corrected chi connectivity index (χ0v) is 14.1. The number of benzene rings is 1. The molecule has 3 aromatic heterocycles. The van der Waals surface area contributed by atoms with Crippen LogP contribution >= 0.6 is 22.7 Å². The predicted octanol–water partition coefficient (Wildman–Crippen LogP) is 5.38. The second-order valence-electron chi connectivity index (χ2n) is 5.09. The van der Waals surface area contributed by atoms with Gasteiger partial charge >= 0.3 is 0 Å². The number of aromatic hydroxyl groups is 1. The van der Waals surface area contributed by atoms with Crippen LogP contribution in [0.1, 0.15) is 0 Å². The van der Waals surface area contributed by atoms with Crippen LogP contribution in [-0.2, 0) is 0 Å². The summed E-state index contributed by atoms with van der Waals surface area (Å²) in [7, 11) is 0. The molecule has 0 amide bonds. The molecular weight excluding hydrogens is 338 g/mol. The van der Waals surface area contributed by atoms with Crippen molar-refractivity contribution in [2.75, 3.05) is 5.32 Å². The van der Waals surface area contributed by atoms with Gasteiger partial charge in [-0.15, -0.1) is 22.7 Å². The van der Waals surface area contributed by atoms with E-state index in [0.717, 1.165) is 32.0 Å². The first-order valence-electron chi connectivity index (χ1n) is 7.31. The quantitative estimate of drug-likeness (QED) is 0.484. The number of rotatable bonds is 4. The molecule has 24 heavy (non-hydrogen) atoms. The summed E-state index contributed by atoms with van der Waals surface area (Å²) < 4.78 is 0. The number of pyridine rings is 1. The van der Waals surface area contributed by atoms with Gasteiger partial charge in [0.1, 0.15) is 5.75 Å². The lowest BCUT2D eigenvalue weighted by atomic mass is 10.3. The molecule has 4 rings (SSSR count). The second kappa shape index (κ2) is 6.43. The summed E-state index contributed by atoms with van der Waals surface area (Å²) in [5.41, 5.74) is 2.83. The fraction of sp³-hybridized carbons (Fsp3) is 0. The minimum absolute atomic E-state index is 0.251. The molecule has 0 aliphatic rings. The number of nitrogens with one attached hydrogen (secondary N) is 1. The number of anilines is 2. The van der Waals surface area contributed by atoms with Gasteiger partial charge in [-0.1, -0.05) is 6.07 Å². The van der Waals surface area contributed by atoms with Crippen LogP contribution in [0.25, 0.3) is 21.1 Å². The van der Waals surface area contributed by atoms with Crippen LogP contribution in [0.5, 0.6) is 5.75 Å². The van der Waals surface area contributed by atoms with Crippen molar-refractivity contribution >= 4 is 33.5 Å². The molecule has 118 valence electrons. The Bertz CT molecular complexity index is 946. The number of nitrogens with zero attached hydrogens (tertiary/aromatic N) is 2. The lowest BCUT2D eigenvalue weighted by Gasteiger charge is -2.01. The Balaban J connectivity index is 1.55. The molecule has 0 saturated heterocycles. The molecule has 1 aromatic carbocycles. The maximum atomic E-state index is 9.33. The molecule has 0 aliphatic carbocycles. The van der Waals surface area contributed by atoms with E-state index >= 15 is 0 Å². The van der Waals surface area contributed by atoms with E-state index in [1.807, 2.05) is 35.7 Å². The van der Waals surface area contributed by atoms with Crippen molar-refractivity contribution in [2.24, 2.45) is 0 Å². The van der Waals surface area contributed by atoms with Gasteiger partial charge in [-0.05, 0) is 48.5 Å². The van der Waals surface area contributed by atoms with E-state index in [0.29, 0.717) is 0 Å². The lowest BCUT2D eigenvalue weighted by molar-refractivity contribution is 0.475. The third-order valence-electron chi connectivity index (χ3n) is 3.40. The van der Waals surface area contributed by atoms with E-state index < -0.39 is 0 Å². The van der Waals surface area contributed by atoms with Crippen LogP contribution in [0, 0.1) is 0 Å². The highest BCUT2D eigenvalue weighted by Gasteiger charge is 2.09. The summed E-state index contributed by atoms with van der Waals surface area (Å²) in [5, 5.41) is 15.4. The van der Waals surface area contributed by atoms with Crippen LogP contribution in [0.15, 0.2) is 66.2 Å². The van der Waals surface area contributed by atoms with E-state index in [4.69, 9.17) is 0 Å². The molecule has 0 atom stereocenters. The highest BCUT2D eigenvalue weighted by Crippen LogP contribution is 2.35. The van der Waals surface area contributed by atoms with Gasteiger partial charge in [0.05, 0.1) is 21.1 Å². The Morgan fingerprint density at radius 3 is 2.42 bits per heavy atom. The van der Waals surface area contributed by atoms with Crippen molar-refractivity contribution in [1.82, 2.24) is 9.97 Å². The van der Waals surface area contributed by atoms with Gasteiger partial charge in [-0.25, -0.2) is 4.98 Å². The molecule has 0 unspecified atom stereocenters. The number of hydrogen-bond acceptors (Lipinski definition) is 6. The first-order valence-corrected chi connectivity index (χ1v) is 9.01. The zero-order valence-electron chi connectivity index (χ0n) is 12.5. The molecular formula is C18H13N3OS2. The third kappa shape index (κ3) is 3.15. The standard InChI is InChI=1S/C18H13N3OS2/c22-13-6-4-12(5-7-13)20-18-21-15(11-23-18)17-9-8-16(24-17)14-3-1-2-10-19-14/h1-11,22H,(H,20,21). The van der Waals surface area contributed by atoms with Gasteiger partial charge in [0.25, 0.3) is 0 Å². The number of aromatic nitrogens is 2. The second-order valence-corrected chi connectivity index (χ2v) is 7.03. The molecule has 0 radical (unpaired) electrons. The average molecular weight is 351 g/mol. The first-order chi connectivity index (χ1) is 11.8. The summed E-state index contributed by atoms with van der Waals surface area (Å²) in [5.74, 6) is 0.251. The first kappa shape index (κ1) is 14.9. The molecule has 0 spiro atoms. The average Bonchev–Trinajstić information content (AvgIpc) is 3.27. The van der Waals surface area contributed by atoms with Crippen LogP contribution in [-0.4, -0.2) is 15.1 Å². The smallest absolute Gasteiger partial charge is 0.187 e. The summed E-state index contributed by atoms with van der Waals surface area (Å²) >= 11 is 3.24. The molecule has 6 heteroatoms. The van der Waals surface area contributed by atoms with Gasteiger partial charge < -0.3 is 10.4 Å². The maximum absolute atomic E-state index is 9.33. The van der Waals surface area contributed by atoms with Crippen LogP contribution < -0.4 is 5.32 Å². The molecule has 0 saturated carbocycles. The van der Waals surface area contributed by atoms with Crippen molar-refractivity contribution < 1.29 is 5.11 Å². The third-order valence-corrected chi connectivity index (χ3v) is 5.29. The maximum Gasteiger partial charge on any atom is 0.187 e. The Labute approximate surface area is 147 Å². The molecule has 4 aromatic rings. The number of phenolic OH excluding ortho intramolecular Hbond substituents is 1. The molecule has 2 N–H and O–H groups in total. The SMILES string of the molecule is Oc1ccc(Nc2nc(-c3ccc(-c4ccccn4)s3)cs2)cc1. The molecule has 0 fully saturated rings. The van der Waals surface area contributed by atoms with Crippen LogP contribution in [0.3, 0.4) is 0 Å². The summed E-state index contributed by atoms with van der Waals surface area (Å²) in [4.78, 5) is 11.3. The van der Waals surface area contributed by atoms with Gasteiger partial charge in [-0.2, -0.15) is 0 Å². The van der Waals surface area contributed by atoms with E-state index in [1.54, 1.807) is 41.0 Å². The topological polar surface area (TPSA) is 58.0 Å². The number of phenols is 1. The Morgan fingerprint density at radius 1 is 0.875 bits per heavy atom. The number of thiophene rings is 1. The normalized spacial score (nSPS) is 10.7. The summed E-state index contributed by atoms with van der Waals surface area (Å²) in [6, 6.07) is 17.0. The van der Waals surface area contributed by atoms with Crippen molar-refractivity contribution in [1.29, 1.82) is 0 Å². The van der Waals surface area contributed by atoms with E-state index in [1.165, 1.54) is 0 Å². The van der Waals surface area contributed by atoms with Crippen LogP contribution in [0.2, 0.25) is 0 Å². The van der Waals surface area contributed by atoms with Crippen molar-refractivity contribution in [3.8, 4) is 26.9 Å². The molecule has 0 bridgehead atoms. The van der Waals surface area contributed by atoms with E-state index in [-0.39, 0.29) is 5.75 Å². The van der Waals surface area contributed by atoms with E-state index in [2.05, 4.69) is 27.4 Å². The largest absolute Gasteiger partial charge is 0.508 e. The van der Waals surface area contributed by atoms with Gasteiger partial charge in [-0.3, -0.25) is 4.98 Å². The fourth-order valence-electron chi connectivity index (χ4n) is 2.23. The highest BCUT2D eigenvalue weighted by atomic mass is 32.1. The van der Waals surface area contributed by atoms with Crippen molar-refractivity contribution in [3.05, 3.63) is 66.2 Å². The van der Waals surface area contributed by atoms with Gasteiger partial charge in [0, 0.05) is 17.3 Å². The number of hydrogen-bond donors (Lipinski definition) is 2. The molecule has 0 aliphatic heterocycles. The summed E-state index contributed by atoms with van der Waals surface area (Å²) in [6.07, 6.45) is 1.80. The minimum Gasteiger partial charge on any atom is -0.508 e. The van der Waals surface area contributed by atoms with Gasteiger partial charge in [0.2, 0.25) is 0 Å². The Kier molecular flexibility index (Phi) is 3.98. The molecule has 4 nitrogen and oxygen atoms in total. The fourth-order valence-corrected chi connectivity index (χ4v) is 3.98. The van der Waals surface area contributed by atoms with E-state index in [9.17, 15) is 5.11 Å². The van der Waals surface area contributed by atoms with Crippen molar-refractivity contribution in [3.63, 3.8) is 0 Å². The Morgan fingerprint density at radius 2 is 1.67 bits per heavy atom. The zero-order chi connectivity index (χ0) is 16.4.